The van der Waals surface area contributed by atoms with Crippen LogP contribution in [0.4, 0.5) is 18.9 Å². The smallest absolute Gasteiger partial charge is 0.416 e. The van der Waals surface area contributed by atoms with E-state index in [1.165, 1.54) is 0 Å². The van der Waals surface area contributed by atoms with Crippen LogP contribution in [0.15, 0.2) is 30.3 Å². The fourth-order valence-electron chi connectivity index (χ4n) is 2.06. The van der Waals surface area contributed by atoms with Crippen LogP contribution in [0.5, 0.6) is 11.5 Å². The number of carbonyl (C=O) groups is 1. The van der Waals surface area contributed by atoms with Gasteiger partial charge in [-0.15, -0.1) is 0 Å². The van der Waals surface area contributed by atoms with Crippen molar-refractivity contribution in [2.24, 2.45) is 0 Å². The molecule has 0 fully saturated rings. The van der Waals surface area contributed by atoms with E-state index in [1.807, 2.05) is 0 Å². The summed E-state index contributed by atoms with van der Waals surface area (Å²) >= 11 is 6.07. The van der Waals surface area contributed by atoms with Crippen LogP contribution in [0, 0.1) is 13.8 Å². The van der Waals surface area contributed by atoms with Crippen molar-refractivity contribution < 1.29 is 22.7 Å². The maximum absolute atomic E-state index is 12.7. The number of rotatable bonds is 4. The molecule has 3 nitrogen and oxygen atoms in total. The molecule has 0 aliphatic carbocycles. The van der Waals surface area contributed by atoms with Gasteiger partial charge in [0.1, 0.15) is 5.75 Å². The largest absolute Gasteiger partial charge is 0.455 e. The Morgan fingerprint density at radius 1 is 1.13 bits per heavy atom. The minimum Gasteiger partial charge on any atom is -0.455 e. The molecular formula is C16H13ClF3NO2. The van der Waals surface area contributed by atoms with Crippen LogP contribution < -0.4 is 10.1 Å². The second kappa shape index (κ2) is 6.50. The van der Waals surface area contributed by atoms with Crippen LogP contribution in [-0.4, -0.2) is 6.41 Å². The molecule has 7 heteroatoms. The van der Waals surface area contributed by atoms with Crippen molar-refractivity contribution in [3.05, 3.63) is 52.0 Å². The zero-order valence-electron chi connectivity index (χ0n) is 12.3. The molecule has 122 valence electrons. The molecule has 0 aromatic heterocycles. The average molecular weight is 344 g/mol. The molecule has 0 saturated heterocycles. The number of benzene rings is 2. The third-order valence-corrected chi connectivity index (χ3v) is 3.76. The van der Waals surface area contributed by atoms with Crippen molar-refractivity contribution >= 4 is 23.7 Å². The Morgan fingerprint density at radius 3 is 2.26 bits per heavy atom. The molecule has 0 spiro atoms. The van der Waals surface area contributed by atoms with E-state index in [4.69, 9.17) is 16.3 Å². The van der Waals surface area contributed by atoms with Gasteiger partial charge in [0.25, 0.3) is 0 Å². The Morgan fingerprint density at radius 2 is 1.74 bits per heavy atom. The summed E-state index contributed by atoms with van der Waals surface area (Å²) in [7, 11) is 0. The van der Waals surface area contributed by atoms with E-state index < -0.39 is 11.7 Å². The zero-order chi connectivity index (χ0) is 17.2. The van der Waals surface area contributed by atoms with Crippen molar-refractivity contribution in [2.45, 2.75) is 20.0 Å². The van der Waals surface area contributed by atoms with Crippen LogP contribution in [0.25, 0.3) is 0 Å². The summed E-state index contributed by atoms with van der Waals surface area (Å²) in [5.74, 6) is 0.518. The second-order valence-corrected chi connectivity index (χ2v) is 5.32. The summed E-state index contributed by atoms with van der Waals surface area (Å²) in [6.07, 6.45) is -4.22. The quantitative estimate of drug-likeness (QED) is 0.761. The molecular weight excluding hydrogens is 331 g/mol. The van der Waals surface area contributed by atoms with Gasteiger partial charge in [-0.1, -0.05) is 11.6 Å². The van der Waals surface area contributed by atoms with Crippen molar-refractivity contribution in [3.63, 3.8) is 0 Å². The predicted molar refractivity (Wildman–Crippen MR) is 82.1 cm³/mol. The summed E-state index contributed by atoms with van der Waals surface area (Å²) in [5.41, 5.74) is 0.606. The topological polar surface area (TPSA) is 38.3 Å². The lowest BCUT2D eigenvalue weighted by Gasteiger charge is -2.15. The molecule has 0 atom stereocenters. The summed E-state index contributed by atoms with van der Waals surface area (Å²) in [4.78, 5) is 10.6. The second-order valence-electron chi connectivity index (χ2n) is 4.94. The molecule has 0 bridgehead atoms. The number of carbonyl (C=O) groups excluding carboxylic acids is 1. The Balaban J connectivity index is 2.41. The number of ether oxygens (including phenoxy) is 1. The third-order valence-electron chi connectivity index (χ3n) is 3.16. The molecule has 0 radical (unpaired) electrons. The standard InChI is InChI=1S/C16H13ClF3NO2/c1-9-5-12(6-10(2)15(9)17)23-14-4-3-11(16(18,19)20)7-13(14)21-8-22/h3-8H,1-2H3,(H,21,22). The van der Waals surface area contributed by atoms with Gasteiger partial charge in [-0.3, -0.25) is 4.79 Å². The highest BCUT2D eigenvalue weighted by molar-refractivity contribution is 6.32. The highest BCUT2D eigenvalue weighted by Crippen LogP contribution is 2.37. The number of nitrogens with one attached hydrogen (secondary N) is 1. The van der Waals surface area contributed by atoms with E-state index in [2.05, 4.69) is 5.32 Å². The van der Waals surface area contributed by atoms with Gasteiger partial charge in [-0.05, 0) is 55.3 Å². The fourth-order valence-corrected chi connectivity index (χ4v) is 2.17. The molecule has 0 aliphatic rings. The minimum atomic E-state index is -4.51. The van der Waals surface area contributed by atoms with Gasteiger partial charge in [0, 0.05) is 5.02 Å². The minimum absolute atomic E-state index is 0.0694. The van der Waals surface area contributed by atoms with Crippen LogP contribution in [0.1, 0.15) is 16.7 Å². The number of alkyl halides is 3. The SMILES string of the molecule is Cc1cc(Oc2ccc(C(F)(F)F)cc2NC=O)cc(C)c1Cl. The maximum atomic E-state index is 12.7. The van der Waals surface area contributed by atoms with Gasteiger partial charge in [-0.2, -0.15) is 13.2 Å². The van der Waals surface area contributed by atoms with Crippen molar-refractivity contribution in [1.82, 2.24) is 0 Å². The lowest BCUT2D eigenvalue weighted by atomic mass is 10.1. The van der Waals surface area contributed by atoms with Crippen molar-refractivity contribution in [3.8, 4) is 11.5 Å². The molecule has 2 aromatic carbocycles. The summed E-state index contributed by atoms with van der Waals surface area (Å²) in [6, 6.07) is 6.20. The predicted octanol–water partition coefficient (Wildman–Crippen LogP) is 5.34. The number of amides is 1. The van der Waals surface area contributed by atoms with E-state index in [9.17, 15) is 18.0 Å². The molecule has 0 aliphatic heterocycles. The lowest BCUT2D eigenvalue weighted by Crippen LogP contribution is -2.06. The van der Waals surface area contributed by atoms with E-state index in [0.717, 1.165) is 29.3 Å². The highest BCUT2D eigenvalue weighted by Gasteiger charge is 2.31. The molecule has 2 aromatic rings. The molecule has 2 rings (SSSR count). The van der Waals surface area contributed by atoms with Crippen LogP contribution in [-0.2, 0) is 11.0 Å². The van der Waals surface area contributed by atoms with Crippen LogP contribution in [0.2, 0.25) is 5.02 Å². The van der Waals surface area contributed by atoms with Crippen LogP contribution in [0.3, 0.4) is 0 Å². The van der Waals surface area contributed by atoms with E-state index >= 15 is 0 Å². The van der Waals surface area contributed by atoms with Crippen molar-refractivity contribution in [1.29, 1.82) is 0 Å². The number of aryl methyl sites for hydroxylation is 2. The van der Waals surface area contributed by atoms with Gasteiger partial charge < -0.3 is 10.1 Å². The zero-order valence-corrected chi connectivity index (χ0v) is 13.0. The first kappa shape index (κ1) is 17.1. The fraction of sp³-hybridized carbons (Fsp3) is 0.188. The molecule has 1 amide bonds. The van der Waals surface area contributed by atoms with Gasteiger partial charge in [0.05, 0.1) is 11.3 Å². The first-order valence-corrected chi connectivity index (χ1v) is 6.96. The number of hydrogen-bond donors (Lipinski definition) is 1. The average Bonchev–Trinajstić information content (AvgIpc) is 2.45. The van der Waals surface area contributed by atoms with Crippen molar-refractivity contribution in [2.75, 3.05) is 5.32 Å². The Bertz CT molecular complexity index is 722. The number of halogens is 4. The third kappa shape index (κ3) is 3.96. The molecule has 0 saturated carbocycles. The first-order valence-electron chi connectivity index (χ1n) is 6.58. The summed E-state index contributed by atoms with van der Waals surface area (Å²) in [6.45, 7) is 3.58. The van der Waals surface area contributed by atoms with Gasteiger partial charge >= 0.3 is 6.18 Å². The molecule has 23 heavy (non-hydrogen) atoms. The maximum Gasteiger partial charge on any atom is 0.416 e. The monoisotopic (exact) mass is 343 g/mol. The Hall–Kier alpha value is -2.21. The normalized spacial score (nSPS) is 11.2. The van der Waals surface area contributed by atoms with Crippen LogP contribution >= 0.6 is 11.6 Å². The van der Waals surface area contributed by atoms with Gasteiger partial charge in [-0.25, -0.2) is 0 Å². The lowest BCUT2D eigenvalue weighted by molar-refractivity contribution is -0.137. The highest BCUT2D eigenvalue weighted by atomic mass is 35.5. The van der Waals surface area contributed by atoms with Gasteiger partial charge in [0.2, 0.25) is 6.41 Å². The first-order chi connectivity index (χ1) is 10.7. The van der Waals surface area contributed by atoms with E-state index in [1.54, 1.807) is 26.0 Å². The van der Waals surface area contributed by atoms with E-state index in [0.29, 0.717) is 17.2 Å². The number of hydrogen-bond acceptors (Lipinski definition) is 2. The van der Waals surface area contributed by atoms with E-state index in [-0.39, 0.29) is 11.4 Å². The number of anilines is 1. The molecule has 1 N–H and O–H groups in total. The van der Waals surface area contributed by atoms with Gasteiger partial charge in [0.15, 0.2) is 5.75 Å². The summed E-state index contributed by atoms with van der Waals surface area (Å²) < 4.78 is 43.8. The Labute approximate surface area is 136 Å². The molecule has 0 heterocycles. The molecule has 0 unspecified atom stereocenters. The Kier molecular flexibility index (Phi) is 4.85. The summed E-state index contributed by atoms with van der Waals surface area (Å²) in [5, 5.41) is 2.81.